The Morgan fingerprint density at radius 2 is 2.23 bits per heavy atom. The Balaban J connectivity index is 1.49. The maximum absolute atomic E-state index is 12.6. The molecule has 0 fully saturated rings. The van der Waals surface area contributed by atoms with E-state index in [-0.39, 0.29) is 11.9 Å². The van der Waals surface area contributed by atoms with Crippen molar-refractivity contribution in [1.29, 1.82) is 0 Å². The van der Waals surface area contributed by atoms with E-state index in [4.69, 9.17) is 0 Å². The van der Waals surface area contributed by atoms with E-state index in [9.17, 15) is 4.79 Å². The van der Waals surface area contributed by atoms with Crippen LogP contribution in [0.15, 0.2) is 24.4 Å². The van der Waals surface area contributed by atoms with E-state index in [1.54, 1.807) is 6.07 Å². The van der Waals surface area contributed by atoms with Crippen molar-refractivity contribution in [3.05, 3.63) is 52.7 Å². The lowest BCUT2D eigenvalue weighted by atomic mass is 9.92. The molecule has 2 N–H and O–H groups in total. The zero-order chi connectivity index (χ0) is 18.3. The molecule has 1 unspecified atom stereocenters. The van der Waals surface area contributed by atoms with Crippen LogP contribution in [0.1, 0.15) is 39.6 Å². The molecule has 0 bridgehead atoms. The average Bonchev–Trinajstić information content (AvgIpc) is 3.20. The number of hydrogen-bond acceptors (Lipinski definition) is 4. The monoisotopic (exact) mass is 350 g/mol. The second kappa shape index (κ2) is 6.40. The summed E-state index contributed by atoms with van der Waals surface area (Å²) >= 11 is 0. The minimum atomic E-state index is -0.125. The number of aryl methyl sites for hydroxylation is 3. The Hall–Kier alpha value is -2.96. The quantitative estimate of drug-likeness (QED) is 0.757. The van der Waals surface area contributed by atoms with Crippen molar-refractivity contribution in [3.8, 4) is 11.3 Å². The molecule has 1 amide bonds. The number of amides is 1. The van der Waals surface area contributed by atoms with Gasteiger partial charge in [0.25, 0.3) is 5.91 Å². The molecule has 1 aliphatic rings. The van der Waals surface area contributed by atoms with Gasteiger partial charge in [-0.1, -0.05) is 6.07 Å². The Morgan fingerprint density at radius 1 is 1.38 bits per heavy atom. The van der Waals surface area contributed by atoms with Gasteiger partial charge in [-0.05, 0) is 50.8 Å². The van der Waals surface area contributed by atoms with E-state index < -0.39 is 0 Å². The van der Waals surface area contributed by atoms with Gasteiger partial charge in [-0.15, -0.1) is 0 Å². The molecule has 7 nitrogen and oxygen atoms in total. The third-order valence-electron chi connectivity index (χ3n) is 5.10. The van der Waals surface area contributed by atoms with Crippen molar-refractivity contribution in [2.24, 2.45) is 7.05 Å². The van der Waals surface area contributed by atoms with Crippen LogP contribution in [0, 0.1) is 13.8 Å². The standard InChI is InChI=1S/C19H22N6O/c1-11-18(12(2)25(3)24-11)16-10-17(23-22-16)19(26)21-14-6-7-15-13(9-14)5-4-8-20-15/h4-5,8,10,14H,6-7,9H2,1-3H3,(H,21,26)(H,22,23). The van der Waals surface area contributed by atoms with E-state index in [2.05, 4.69) is 31.7 Å². The molecule has 0 radical (unpaired) electrons. The summed E-state index contributed by atoms with van der Waals surface area (Å²) in [4.78, 5) is 17.0. The van der Waals surface area contributed by atoms with E-state index in [0.29, 0.717) is 5.69 Å². The zero-order valence-corrected chi connectivity index (χ0v) is 15.2. The number of carbonyl (C=O) groups excluding carboxylic acids is 1. The topological polar surface area (TPSA) is 88.5 Å². The highest BCUT2D eigenvalue weighted by atomic mass is 16.2. The number of rotatable bonds is 3. The number of nitrogens with zero attached hydrogens (tertiary/aromatic N) is 4. The number of H-pyrrole nitrogens is 1. The molecule has 26 heavy (non-hydrogen) atoms. The van der Waals surface area contributed by atoms with Crippen molar-refractivity contribution in [2.75, 3.05) is 0 Å². The van der Waals surface area contributed by atoms with Gasteiger partial charge in [0.15, 0.2) is 0 Å². The van der Waals surface area contributed by atoms with E-state index in [1.807, 2.05) is 37.8 Å². The largest absolute Gasteiger partial charge is 0.348 e. The first-order valence-electron chi connectivity index (χ1n) is 8.82. The Kier molecular flexibility index (Phi) is 4.06. The van der Waals surface area contributed by atoms with Gasteiger partial charge in [0.05, 0.1) is 11.4 Å². The van der Waals surface area contributed by atoms with Gasteiger partial charge in [0, 0.05) is 36.2 Å². The lowest BCUT2D eigenvalue weighted by Crippen LogP contribution is -2.39. The fourth-order valence-electron chi connectivity index (χ4n) is 3.66. The number of fused-ring (bicyclic) bond motifs is 1. The van der Waals surface area contributed by atoms with Gasteiger partial charge in [0.2, 0.25) is 0 Å². The lowest BCUT2D eigenvalue weighted by Gasteiger charge is -2.24. The van der Waals surface area contributed by atoms with Crippen LogP contribution in [0.4, 0.5) is 0 Å². The summed E-state index contributed by atoms with van der Waals surface area (Å²) in [5, 5.41) is 14.7. The number of hydrogen-bond donors (Lipinski definition) is 2. The second-order valence-electron chi connectivity index (χ2n) is 6.86. The Morgan fingerprint density at radius 3 is 3.00 bits per heavy atom. The first kappa shape index (κ1) is 16.5. The summed E-state index contributed by atoms with van der Waals surface area (Å²) in [7, 11) is 1.90. The first-order valence-corrected chi connectivity index (χ1v) is 8.82. The summed E-state index contributed by atoms with van der Waals surface area (Å²) < 4.78 is 1.83. The third kappa shape index (κ3) is 2.89. The van der Waals surface area contributed by atoms with Crippen molar-refractivity contribution in [2.45, 2.75) is 39.2 Å². The van der Waals surface area contributed by atoms with Gasteiger partial charge in [-0.3, -0.25) is 19.6 Å². The van der Waals surface area contributed by atoms with Crippen LogP contribution in [0.25, 0.3) is 11.3 Å². The molecule has 0 spiro atoms. The van der Waals surface area contributed by atoms with Crippen LogP contribution in [0.2, 0.25) is 0 Å². The van der Waals surface area contributed by atoms with Gasteiger partial charge in [-0.25, -0.2) is 0 Å². The smallest absolute Gasteiger partial charge is 0.269 e. The molecular formula is C19H22N6O. The molecule has 1 atom stereocenters. The van der Waals surface area contributed by atoms with Crippen LogP contribution in [0.5, 0.6) is 0 Å². The lowest BCUT2D eigenvalue weighted by molar-refractivity contribution is 0.0928. The first-order chi connectivity index (χ1) is 12.5. The van der Waals surface area contributed by atoms with Crippen LogP contribution in [-0.4, -0.2) is 36.9 Å². The van der Waals surface area contributed by atoms with Gasteiger partial charge < -0.3 is 5.32 Å². The van der Waals surface area contributed by atoms with Gasteiger partial charge in [-0.2, -0.15) is 10.2 Å². The fraction of sp³-hybridized carbons (Fsp3) is 0.368. The maximum atomic E-state index is 12.6. The molecule has 3 aromatic rings. The molecule has 3 aromatic heterocycles. The highest BCUT2D eigenvalue weighted by Crippen LogP contribution is 2.25. The Labute approximate surface area is 151 Å². The number of aromatic nitrogens is 5. The number of pyridine rings is 1. The maximum Gasteiger partial charge on any atom is 0.269 e. The highest BCUT2D eigenvalue weighted by Gasteiger charge is 2.23. The highest BCUT2D eigenvalue weighted by molar-refractivity contribution is 5.93. The zero-order valence-electron chi connectivity index (χ0n) is 15.2. The number of aromatic amines is 1. The summed E-state index contributed by atoms with van der Waals surface area (Å²) in [5.74, 6) is -0.125. The molecule has 0 aliphatic heterocycles. The molecule has 0 saturated heterocycles. The minimum absolute atomic E-state index is 0.118. The fourth-order valence-corrected chi connectivity index (χ4v) is 3.66. The number of carbonyl (C=O) groups is 1. The van der Waals surface area contributed by atoms with E-state index >= 15 is 0 Å². The second-order valence-corrected chi connectivity index (χ2v) is 6.86. The normalized spacial score (nSPS) is 16.3. The summed E-state index contributed by atoms with van der Waals surface area (Å²) in [6.07, 6.45) is 4.43. The molecule has 3 heterocycles. The van der Waals surface area contributed by atoms with Crippen LogP contribution >= 0.6 is 0 Å². The molecule has 7 heteroatoms. The van der Waals surface area contributed by atoms with Crippen molar-refractivity contribution in [1.82, 2.24) is 30.3 Å². The molecule has 1 aliphatic carbocycles. The van der Waals surface area contributed by atoms with E-state index in [0.717, 1.165) is 47.6 Å². The third-order valence-corrected chi connectivity index (χ3v) is 5.10. The molecule has 0 aromatic carbocycles. The van der Waals surface area contributed by atoms with Crippen LogP contribution < -0.4 is 5.32 Å². The predicted molar refractivity (Wildman–Crippen MR) is 97.8 cm³/mol. The SMILES string of the molecule is Cc1nn(C)c(C)c1-c1cc(C(=O)NC2CCc3ncccc3C2)[nH]n1. The van der Waals surface area contributed by atoms with Gasteiger partial charge in [0.1, 0.15) is 5.69 Å². The Bertz CT molecular complexity index is 970. The van der Waals surface area contributed by atoms with Crippen molar-refractivity contribution >= 4 is 5.91 Å². The van der Waals surface area contributed by atoms with Crippen LogP contribution in [-0.2, 0) is 19.9 Å². The summed E-state index contributed by atoms with van der Waals surface area (Å²) in [5.41, 5.74) is 6.48. The molecule has 4 rings (SSSR count). The number of nitrogens with one attached hydrogen (secondary N) is 2. The summed E-state index contributed by atoms with van der Waals surface area (Å²) in [6.45, 7) is 3.95. The van der Waals surface area contributed by atoms with Crippen molar-refractivity contribution in [3.63, 3.8) is 0 Å². The molecule has 134 valence electrons. The van der Waals surface area contributed by atoms with Crippen LogP contribution in [0.3, 0.4) is 0 Å². The predicted octanol–water partition coefficient (Wildman–Crippen LogP) is 2.11. The minimum Gasteiger partial charge on any atom is -0.348 e. The summed E-state index contributed by atoms with van der Waals surface area (Å²) in [6, 6.07) is 5.95. The average molecular weight is 350 g/mol. The molecular weight excluding hydrogens is 328 g/mol. The van der Waals surface area contributed by atoms with Gasteiger partial charge >= 0.3 is 0 Å². The van der Waals surface area contributed by atoms with Crippen molar-refractivity contribution < 1.29 is 4.79 Å². The molecule has 0 saturated carbocycles. The van der Waals surface area contributed by atoms with E-state index in [1.165, 1.54) is 5.56 Å².